The molecule has 0 bridgehead atoms. The van der Waals surface area contributed by atoms with Crippen molar-refractivity contribution in [3.05, 3.63) is 73.4 Å². The quantitative estimate of drug-likeness (QED) is 0.445. The molecule has 0 rings (SSSR count). The summed E-state index contributed by atoms with van der Waals surface area (Å²) in [5, 5.41) is 0. The third-order valence-corrected chi connectivity index (χ3v) is 1.56. The fourth-order valence-electron chi connectivity index (χ4n) is 0.731. The minimum Gasteiger partial charge on any atom is -0.115 e. The van der Waals surface area contributed by atoms with Crippen LogP contribution in [0.5, 0.6) is 0 Å². The van der Waals surface area contributed by atoms with Crippen LogP contribution in [0.2, 0.25) is 0 Å². The van der Waals surface area contributed by atoms with Gasteiger partial charge < -0.3 is 0 Å². The van der Waals surface area contributed by atoms with Crippen LogP contribution in [0.15, 0.2) is 73.4 Å². The Balaban J connectivity index is -0.000000616. The fraction of sp³-hybridized carbons (Fsp3) is 0.176. The molecule has 0 atom stereocenters. The predicted molar refractivity (Wildman–Crippen MR) is 82.8 cm³/mol. The average Bonchev–Trinajstić information content (AvgIpc) is 2.34. The second kappa shape index (κ2) is 14.0. The molecule has 0 aromatic carbocycles. The van der Waals surface area contributed by atoms with E-state index < -0.39 is 0 Å². The summed E-state index contributed by atoms with van der Waals surface area (Å²) < 4.78 is 0. The summed E-state index contributed by atoms with van der Waals surface area (Å²) in [4.78, 5) is 0. The van der Waals surface area contributed by atoms with Crippen LogP contribution in [-0.4, -0.2) is 0 Å². The molecule has 0 heteroatoms. The van der Waals surface area contributed by atoms with Gasteiger partial charge in [0.05, 0.1) is 0 Å². The fourth-order valence-corrected chi connectivity index (χ4v) is 0.731. The summed E-state index contributed by atoms with van der Waals surface area (Å²) in [6, 6.07) is 0. The van der Waals surface area contributed by atoms with E-state index in [1.54, 1.807) is 24.3 Å². The van der Waals surface area contributed by atoms with Crippen LogP contribution < -0.4 is 0 Å². The lowest BCUT2D eigenvalue weighted by Crippen LogP contribution is -1.80. The van der Waals surface area contributed by atoms with E-state index in [-0.39, 0.29) is 7.43 Å². The highest BCUT2D eigenvalue weighted by molar-refractivity contribution is 5.49. The molecule has 0 radical (unpaired) electrons. The summed E-state index contributed by atoms with van der Waals surface area (Å²) in [5.74, 6) is 2.49. The summed E-state index contributed by atoms with van der Waals surface area (Å²) >= 11 is 0. The molecule has 92 valence electrons. The van der Waals surface area contributed by atoms with E-state index in [0.717, 1.165) is 11.1 Å². The first-order valence-corrected chi connectivity index (χ1v) is 5.13. The van der Waals surface area contributed by atoms with Gasteiger partial charge in [0.1, 0.15) is 0 Å². The normalized spacial score (nSPS) is 9.12. The maximum absolute atomic E-state index is 5.24. The number of hydrogen-bond acceptors (Lipinski definition) is 0. The van der Waals surface area contributed by atoms with Crippen molar-refractivity contribution in [1.82, 2.24) is 0 Å². The Morgan fingerprint density at radius 3 is 2.00 bits per heavy atom. The monoisotopic (exact) mass is 228 g/mol. The molecule has 0 nitrogen and oxygen atoms in total. The molecule has 0 spiro atoms. The molecule has 0 heterocycles. The zero-order valence-corrected chi connectivity index (χ0v) is 10.3. The maximum atomic E-state index is 5.24. The van der Waals surface area contributed by atoms with E-state index in [0.29, 0.717) is 5.57 Å². The van der Waals surface area contributed by atoms with Crippen molar-refractivity contribution in [3.8, 4) is 12.3 Å². The van der Waals surface area contributed by atoms with Gasteiger partial charge >= 0.3 is 0 Å². The van der Waals surface area contributed by atoms with Gasteiger partial charge in [-0.05, 0) is 17.2 Å². The Bertz CT molecular complexity index is 354. The van der Waals surface area contributed by atoms with E-state index in [1.165, 1.54) is 0 Å². The highest BCUT2D eigenvalue weighted by Gasteiger charge is 1.92. The molecule has 0 aromatic rings. The molecule has 0 N–H and O–H groups in total. The number of allylic oxidation sites excluding steroid dienone is 8. The standard InChI is InChI=1S/C14H14.C2H6.CH4/c1-6-9-10-12(4)13(5)11-14(7-2)8-3;1-2;/h2,6,8-11H,1,3-5H2;1-2H3;1H4/b10-9-,14-11-;;. The van der Waals surface area contributed by atoms with Crippen molar-refractivity contribution >= 4 is 0 Å². The Kier molecular flexibility index (Phi) is 16.8. The Hall–Kier alpha value is -2.00. The second-order valence-electron chi connectivity index (χ2n) is 2.59. The Morgan fingerprint density at radius 1 is 1.12 bits per heavy atom. The number of terminal acetylenes is 1. The SMILES string of the molecule is C.C#C/C(C=C)=C/C(=C)C(=C)/C=C\C=C.CC. The molecule has 0 amide bonds. The molecule has 0 unspecified atom stereocenters. The minimum atomic E-state index is 0. The van der Waals surface area contributed by atoms with Gasteiger partial charge in [-0.25, -0.2) is 0 Å². The average molecular weight is 228 g/mol. The van der Waals surface area contributed by atoms with Gasteiger partial charge in [-0.2, -0.15) is 0 Å². The van der Waals surface area contributed by atoms with Crippen molar-refractivity contribution in [2.24, 2.45) is 0 Å². The van der Waals surface area contributed by atoms with Crippen LogP contribution >= 0.6 is 0 Å². The minimum absolute atomic E-state index is 0. The predicted octanol–water partition coefficient (Wildman–Crippen LogP) is 5.25. The smallest absolute Gasteiger partial charge is 0.0242 e. The van der Waals surface area contributed by atoms with Gasteiger partial charge in [0.25, 0.3) is 0 Å². The topological polar surface area (TPSA) is 0 Å². The van der Waals surface area contributed by atoms with E-state index in [2.05, 4.69) is 32.2 Å². The third-order valence-electron chi connectivity index (χ3n) is 1.56. The molecule has 0 aliphatic rings. The lowest BCUT2D eigenvalue weighted by molar-refractivity contribution is 1.50. The van der Waals surface area contributed by atoms with Crippen LogP contribution in [0.4, 0.5) is 0 Å². The molecule has 0 aliphatic carbocycles. The number of rotatable bonds is 5. The van der Waals surface area contributed by atoms with Gasteiger partial charge in [-0.1, -0.05) is 77.8 Å². The summed E-state index contributed by atoms with van der Waals surface area (Å²) in [5.41, 5.74) is 2.28. The third kappa shape index (κ3) is 10.3. The molecular formula is C17H24. The molecule has 17 heavy (non-hydrogen) atoms. The zero-order chi connectivity index (χ0) is 13.0. The Morgan fingerprint density at radius 2 is 1.65 bits per heavy atom. The lowest BCUT2D eigenvalue weighted by atomic mass is 10.1. The number of hydrogen-bond donors (Lipinski definition) is 0. The van der Waals surface area contributed by atoms with Crippen molar-refractivity contribution in [2.75, 3.05) is 0 Å². The van der Waals surface area contributed by atoms with E-state index in [4.69, 9.17) is 6.42 Å². The van der Waals surface area contributed by atoms with E-state index in [9.17, 15) is 0 Å². The summed E-state index contributed by atoms with van der Waals surface area (Å²) in [6.45, 7) is 18.8. The van der Waals surface area contributed by atoms with Crippen LogP contribution in [0.25, 0.3) is 0 Å². The van der Waals surface area contributed by atoms with Gasteiger partial charge in [-0.3, -0.25) is 0 Å². The molecule has 0 saturated carbocycles. The van der Waals surface area contributed by atoms with Crippen LogP contribution in [0.1, 0.15) is 21.3 Å². The maximum Gasteiger partial charge on any atom is 0.0242 e. The largest absolute Gasteiger partial charge is 0.115 e. The van der Waals surface area contributed by atoms with Crippen LogP contribution in [0.3, 0.4) is 0 Å². The molecule has 0 saturated heterocycles. The highest BCUT2D eigenvalue weighted by atomic mass is 14.0. The van der Waals surface area contributed by atoms with Gasteiger partial charge in [0.15, 0.2) is 0 Å². The van der Waals surface area contributed by atoms with E-state index >= 15 is 0 Å². The summed E-state index contributed by atoms with van der Waals surface area (Å²) in [7, 11) is 0. The highest BCUT2D eigenvalue weighted by Crippen LogP contribution is 2.11. The van der Waals surface area contributed by atoms with Gasteiger partial charge in [-0.15, -0.1) is 6.42 Å². The van der Waals surface area contributed by atoms with Crippen LogP contribution in [0, 0.1) is 12.3 Å². The van der Waals surface area contributed by atoms with Crippen molar-refractivity contribution in [1.29, 1.82) is 0 Å². The zero-order valence-electron chi connectivity index (χ0n) is 10.3. The van der Waals surface area contributed by atoms with Crippen molar-refractivity contribution in [2.45, 2.75) is 21.3 Å². The molecular weight excluding hydrogens is 204 g/mol. The van der Waals surface area contributed by atoms with Crippen molar-refractivity contribution in [3.63, 3.8) is 0 Å². The van der Waals surface area contributed by atoms with Gasteiger partial charge in [0.2, 0.25) is 0 Å². The first-order valence-electron chi connectivity index (χ1n) is 5.13. The molecule has 0 aromatic heterocycles. The second-order valence-corrected chi connectivity index (χ2v) is 2.59. The van der Waals surface area contributed by atoms with Crippen molar-refractivity contribution < 1.29 is 0 Å². The summed E-state index contributed by atoms with van der Waals surface area (Å²) in [6.07, 6.45) is 13.9. The van der Waals surface area contributed by atoms with Gasteiger partial charge in [0, 0.05) is 5.57 Å². The van der Waals surface area contributed by atoms with E-state index in [1.807, 2.05) is 19.9 Å². The van der Waals surface area contributed by atoms with Crippen LogP contribution in [-0.2, 0) is 0 Å². The first-order chi connectivity index (χ1) is 7.65. The molecule has 0 aliphatic heterocycles. The first kappa shape index (κ1) is 20.4. The lowest BCUT2D eigenvalue weighted by Gasteiger charge is -1.98. The molecule has 0 fully saturated rings. The Labute approximate surface area is 107 Å².